The predicted molar refractivity (Wildman–Crippen MR) is 61.1 cm³/mol. The average molecular weight is 216 g/mol. The van der Waals surface area contributed by atoms with E-state index in [0.29, 0.717) is 12.0 Å². The van der Waals surface area contributed by atoms with Gasteiger partial charge in [-0.15, -0.1) is 0 Å². The smallest absolute Gasteiger partial charge is 0.250 e. The van der Waals surface area contributed by atoms with E-state index in [9.17, 15) is 4.79 Å². The highest BCUT2D eigenvalue weighted by atomic mass is 16.3. The Morgan fingerprint density at radius 3 is 2.81 bits per heavy atom. The predicted octanol–water partition coefficient (Wildman–Crippen LogP) is 0.869. The number of carbonyl (C=O) groups excluding carboxylic acids is 1. The topological polar surface area (TPSA) is 76.2 Å². The summed E-state index contributed by atoms with van der Waals surface area (Å²) in [5, 5.41) is 9.88. The van der Waals surface area contributed by atoms with Gasteiger partial charge in [-0.25, -0.2) is 0 Å². The van der Waals surface area contributed by atoms with E-state index in [2.05, 4.69) is 4.98 Å². The van der Waals surface area contributed by atoms with Gasteiger partial charge in [0.2, 0.25) is 0 Å². The average Bonchev–Trinajstić information content (AvgIpc) is 2.29. The molecule has 1 heterocycles. The van der Waals surface area contributed by atoms with E-state index < -0.39 is 5.91 Å². The molecule has 16 heavy (non-hydrogen) atoms. The molecule has 2 aromatic rings. The minimum absolute atomic E-state index is 0.0196. The van der Waals surface area contributed by atoms with Crippen LogP contribution in [-0.4, -0.2) is 22.6 Å². The number of aromatic nitrogens is 1. The molecular weight excluding hydrogens is 204 g/mol. The van der Waals surface area contributed by atoms with Gasteiger partial charge in [0, 0.05) is 18.2 Å². The summed E-state index contributed by atoms with van der Waals surface area (Å²) < 4.78 is 0. The SMILES string of the molecule is NC(=O)c1cnc2ccccc2c1CCO. The van der Waals surface area contributed by atoms with Crippen molar-refractivity contribution in [1.29, 1.82) is 0 Å². The lowest BCUT2D eigenvalue weighted by molar-refractivity contribution is 0.0999. The Bertz CT molecular complexity index is 538. The van der Waals surface area contributed by atoms with Crippen LogP contribution < -0.4 is 5.73 Å². The van der Waals surface area contributed by atoms with Gasteiger partial charge in [-0.1, -0.05) is 18.2 Å². The van der Waals surface area contributed by atoms with Gasteiger partial charge in [0.05, 0.1) is 11.1 Å². The maximum absolute atomic E-state index is 11.2. The molecule has 0 bridgehead atoms. The van der Waals surface area contributed by atoms with Gasteiger partial charge in [-0.2, -0.15) is 0 Å². The Labute approximate surface area is 92.7 Å². The number of carbonyl (C=O) groups is 1. The normalized spacial score (nSPS) is 10.6. The van der Waals surface area contributed by atoms with E-state index in [4.69, 9.17) is 10.8 Å². The molecule has 0 aliphatic heterocycles. The first-order valence-electron chi connectivity index (χ1n) is 5.01. The molecule has 0 radical (unpaired) electrons. The minimum Gasteiger partial charge on any atom is -0.396 e. The lowest BCUT2D eigenvalue weighted by Crippen LogP contribution is -2.15. The van der Waals surface area contributed by atoms with Crippen molar-refractivity contribution in [2.45, 2.75) is 6.42 Å². The molecule has 0 fully saturated rings. The summed E-state index contributed by atoms with van der Waals surface area (Å²) in [7, 11) is 0. The largest absolute Gasteiger partial charge is 0.396 e. The quantitative estimate of drug-likeness (QED) is 0.799. The molecule has 3 N–H and O–H groups in total. The number of pyridine rings is 1. The summed E-state index contributed by atoms with van der Waals surface area (Å²) in [6, 6.07) is 7.48. The fraction of sp³-hybridized carbons (Fsp3) is 0.167. The summed E-state index contributed by atoms with van der Waals surface area (Å²) in [5.74, 6) is -0.512. The number of fused-ring (bicyclic) bond motifs is 1. The molecule has 1 amide bonds. The molecule has 0 saturated carbocycles. The molecule has 0 spiro atoms. The number of amides is 1. The monoisotopic (exact) mass is 216 g/mol. The Morgan fingerprint density at radius 1 is 1.38 bits per heavy atom. The second kappa shape index (κ2) is 4.28. The zero-order valence-electron chi connectivity index (χ0n) is 8.68. The van der Waals surface area contributed by atoms with Gasteiger partial charge >= 0.3 is 0 Å². The summed E-state index contributed by atoms with van der Waals surface area (Å²) >= 11 is 0. The zero-order chi connectivity index (χ0) is 11.5. The van der Waals surface area contributed by atoms with Crippen molar-refractivity contribution in [2.24, 2.45) is 5.73 Å². The second-order valence-corrected chi connectivity index (χ2v) is 3.51. The molecule has 0 saturated heterocycles. The van der Waals surface area contributed by atoms with E-state index in [1.807, 2.05) is 24.3 Å². The number of hydrogen-bond donors (Lipinski definition) is 2. The minimum atomic E-state index is -0.512. The van der Waals surface area contributed by atoms with Crippen LogP contribution in [0, 0.1) is 0 Å². The van der Waals surface area contributed by atoms with E-state index in [0.717, 1.165) is 16.5 Å². The van der Waals surface area contributed by atoms with E-state index in [1.54, 1.807) is 0 Å². The molecule has 0 aliphatic carbocycles. The molecule has 4 nitrogen and oxygen atoms in total. The molecule has 4 heteroatoms. The molecule has 1 aromatic heterocycles. The number of para-hydroxylation sites is 1. The summed E-state index contributed by atoms with van der Waals surface area (Å²) in [6.07, 6.45) is 1.87. The van der Waals surface area contributed by atoms with Crippen LogP contribution in [0.4, 0.5) is 0 Å². The van der Waals surface area contributed by atoms with E-state index in [1.165, 1.54) is 6.20 Å². The van der Waals surface area contributed by atoms with Crippen molar-refractivity contribution in [3.63, 3.8) is 0 Å². The van der Waals surface area contributed by atoms with Crippen LogP contribution in [0.2, 0.25) is 0 Å². The Balaban J connectivity index is 2.73. The van der Waals surface area contributed by atoms with Crippen LogP contribution in [0.5, 0.6) is 0 Å². The molecule has 2 rings (SSSR count). The van der Waals surface area contributed by atoms with Crippen molar-refractivity contribution >= 4 is 16.8 Å². The van der Waals surface area contributed by atoms with Gasteiger partial charge in [-0.3, -0.25) is 9.78 Å². The fourth-order valence-corrected chi connectivity index (χ4v) is 1.79. The number of benzene rings is 1. The third-order valence-corrected chi connectivity index (χ3v) is 2.51. The maximum Gasteiger partial charge on any atom is 0.250 e. The van der Waals surface area contributed by atoms with Crippen LogP contribution >= 0.6 is 0 Å². The van der Waals surface area contributed by atoms with E-state index >= 15 is 0 Å². The Morgan fingerprint density at radius 2 is 2.12 bits per heavy atom. The molecule has 0 atom stereocenters. The van der Waals surface area contributed by atoms with Gasteiger partial charge in [0.1, 0.15) is 0 Å². The first kappa shape index (κ1) is 10.6. The van der Waals surface area contributed by atoms with Crippen LogP contribution in [0.3, 0.4) is 0 Å². The lowest BCUT2D eigenvalue weighted by atomic mass is 10.0. The second-order valence-electron chi connectivity index (χ2n) is 3.51. The van der Waals surface area contributed by atoms with Crippen molar-refractivity contribution in [3.05, 3.63) is 41.6 Å². The number of rotatable bonds is 3. The van der Waals surface area contributed by atoms with Gasteiger partial charge in [0.15, 0.2) is 0 Å². The first-order valence-corrected chi connectivity index (χ1v) is 5.01. The fourth-order valence-electron chi connectivity index (χ4n) is 1.79. The summed E-state index contributed by atoms with van der Waals surface area (Å²) in [6.45, 7) is -0.0196. The van der Waals surface area contributed by atoms with Gasteiger partial charge in [0.25, 0.3) is 5.91 Å². The molecule has 0 unspecified atom stereocenters. The zero-order valence-corrected chi connectivity index (χ0v) is 8.68. The van der Waals surface area contributed by atoms with Gasteiger partial charge < -0.3 is 10.8 Å². The standard InChI is InChI=1S/C12H12N2O2/c13-12(16)10-7-14-11-4-2-1-3-9(11)8(10)5-6-15/h1-4,7,15H,5-6H2,(H2,13,16). The number of primary amides is 1. The first-order chi connectivity index (χ1) is 7.74. The number of aliphatic hydroxyl groups excluding tert-OH is 1. The summed E-state index contributed by atoms with van der Waals surface area (Å²) in [5.41, 5.74) is 7.22. The molecule has 82 valence electrons. The van der Waals surface area contributed by atoms with E-state index in [-0.39, 0.29) is 6.61 Å². The molecular formula is C12H12N2O2. The Kier molecular flexibility index (Phi) is 2.83. The van der Waals surface area contributed by atoms with Crippen LogP contribution in [0.15, 0.2) is 30.5 Å². The maximum atomic E-state index is 11.2. The highest BCUT2D eigenvalue weighted by molar-refractivity contribution is 5.99. The molecule has 0 aliphatic rings. The highest BCUT2D eigenvalue weighted by Crippen LogP contribution is 2.20. The van der Waals surface area contributed by atoms with Gasteiger partial charge in [-0.05, 0) is 18.1 Å². The number of hydrogen-bond acceptors (Lipinski definition) is 3. The number of nitrogens with zero attached hydrogens (tertiary/aromatic N) is 1. The number of nitrogens with two attached hydrogens (primary N) is 1. The molecule has 1 aromatic carbocycles. The number of aliphatic hydroxyl groups is 1. The van der Waals surface area contributed by atoms with Crippen molar-refractivity contribution in [3.8, 4) is 0 Å². The highest BCUT2D eigenvalue weighted by Gasteiger charge is 2.11. The van der Waals surface area contributed by atoms with Crippen molar-refractivity contribution < 1.29 is 9.90 Å². The Hall–Kier alpha value is -1.94. The van der Waals surface area contributed by atoms with Crippen LogP contribution in [0.1, 0.15) is 15.9 Å². The van der Waals surface area contributed by atoms with Crippen molar-refractivity contribution in [1.82, 2.24) is 4.98 Å². The third-order valence-electron chi connectivity index (χ3n) is 2.51. The van der Waals surface area contributed by atoms with Crippen LogP contribution in [-0.2, 0) is 6.42 Å². The lowest BCUT2D eigenvalue weighted by Gasteiger charge is -2.08. The van der Waals surface area contributed by atoms with Crippen molar-refractivity contribution in [2.75, 3.05) is 6.61 Å². The third kappa shape index (κ3) is 1.75. The van der Waals surface area contributed by atoms with Crippen LogP contribution in [0.25, 0.3) is 10.9 Å². The summed E-state index contributed by atoms with van der Waals surface area (Å²) in [4.78, 5) is 15.4.